The van der Waals surface area contributed by atoms with Crippen molar-refractivity contribution < 1.29 is 13.5 Å². The van der Waals surface area contributed by atoms with Gasteiger partial charge in [-0.3, -0.25) is 0 Å². The highest BCUT2D eigenvalue weighted by atomic mass is 32.2. The van der Waals surface area contributed by atoms with Gasteiger partial charge in [0.1, 0.15) is 0 Å². The standard InChI is InChI=1S/C16H19NO3S/c1-13(15-5-3-2-4-6-15)17-21(19,20)16-9-7-14(8-10-16)11-12-18/h2-10,13,17-18H,11-12H2,1H3. The van der Waals surface area contributed by atoms with Gasteiger partial charge in [0.25, 0.3) is 0 Å². The molecule has 2 aromatic rings. The van der Waals surface area contributed by atoms with E-state index in [1.807, 2.05) is 37.3 Å². The minimum absolute atomic E-state index is 0.0510. The van der Waals surface area contributed by atoms with Gasteiger partial charge in [-0.2, -0.15) is 0 Å². The van der Waals surface area contributed by atoms with Crippen LogP contribution in [0.5, 0.6) is 0 Å². The van der Waals surface area contributed by atoms with Crippen LogP contribution in [-0.2, 0) is 16.4 Å². The Morgan fingerprint density at radius 3 is 2.24 bits per heavy atom. The molecule has 0 aliphatic carbocycles. The second kappa shape index (κ2) is 6.85. The molecule has 0 aromatic heterocycles. The molecule has 0 amide bonds. The monoisotopic (exact) mass is 305 g/mol. The topological polar surface area (TPSA) is 66.4 Å². The van der Waals surface area contributed by atoms with Gasteiger partial charge in [0.05, 0.1) is 4.90 Å². The second-order valence-corrected chi connectivity index (χ2v) is 6.59. The number of aliphatic hydroxyl groups is 1. The zero-order valence-electron chi connectivity index (χ0n) is 11.9. The Labute approximate surface area is 125 Å². The van der Waals surface area contributed by atoms with Crippen molar-refractivity contribution in [3.8, 4) is 0 Å². The van der Waals surface area contributed by atoms with E-state index in [1.165, 1.54) is 0 Å². The fourth-order valence-corrected chi connectivity index (χ4v) is 3.31. The number of hydrogen-bond acceptors (Lipinski definition) is 3. The van der Waals surface area contributed by atoms with Crippen molar-refractivity contribution in [2.24, 2.45) is 0 Å². The summed E-state index contributed by atoms with van der Waals surface area (Å²) in [6, 6.07) is 15.7. The van der Waals surface area contributed by atoms with Crippen LogP contribution in [0.15, 0.2) is 59.5 Å². The predicted molar refractivity (Wildman–Crippen MR) is 82.4 cm³/mol. The van der Waals surface area contributed by atoms with Gasteiger partial charge in [-0.15, -0.1) is 0 Å². The summed E-state index contributed by atoms with van der Waals surface area (Å²) in [6.45, 7) is 1.86. The molecule has 4 nitrogen and oxygen atoms in total. The number of rotatable bonds is 6. The molecule has 2 rings (SSSR count). The first-order valence-electron chi connectivity index (χ1n) is 6.80. The summed E-state index contributed by atoms with van der Waals surface area (Å²) < 4.78 is 27.3. The number of sulfonamides is 1. The number of hydrogen-bond donors (Lipinski definition) is 2. The minimum Gasteiger partial charge on any atom is -0.396 e. The molecule has 0 bridgehead atoms. The lowest BCUT2D eigenvalue weighted by Crippen LogP contribution is -2.26. The third-order valence-corrected chi connectivity index (χ3v) is 4.82. The largest absolute Gasteiger partial charge is 0.396 e. The highest BCUT2D eigenvalue weighted by Crippen LogP contribution is 2.17. The van der Waals surface area contributed by atoms with E-state index in [0.29, 0.717) is 6.42 Å². The lowest BCUT2D eigenvalue weighted by atomic mass is 10.1. The fourth-order valence-electron chi connectivity index (χ4n) is 2.07. The molecule has 2 N–H and O–H groups in total. The van der Waals surface area contributed by atoms with Crippen molar-refractivity contribution in [2.45, 2.75) is 24.3 Å². The molecular weight excluding hydrogens is 286 g/mol. The van der Waals surface area contributed by atoms with Crippen molar-refractivity contribution in [1.29, 1.82) is 0 Å². The van der Waals surface area contributed by atoms with Crippen LogP contribution < -0.4 is 4.72 Å². The van der Waals surface area contributed by atoms with Crippen LogP contribution in [-0.4, -0.2) is 20.1 Å². The molecule has 0 aliphatic heterocycles. The van der Waals surface area contributed by atoms with E-state index in [0.717, 1.165) is 11.1 Å². The SMILES string of the molecule is CC(NS(=O)(=O)c1ccc(CCO)cc1)c1ccccc1. The van der Waals surface area contributed by atoms with Gasteiger partial charge < -0.3 is 5.11 Å². The van der Waals surface area contributed by atoms with Gasteiger partial charge in [-0.25, -0.2) is 13.1 Å². The Morgan fingerprint density at radius 1 is 1.05 bits per heavy atom. The number of nitrogens with one attached hydrogen (secondary N) is 1. The van der Waals surface area contributed by atoms with Crippen molar-refractivity contribution in [3.63, 3.8) is 0 Å². The van der Waals surface area contributed by atoms with Gasteiger partial charge in [0, 0.05) is 12.6 Å². The summed E-state index contributed by atoms with van der Waals surface area (Å²) >= 11 is 0. The van der Waals surface area contributed by atoms with Gasteiger partial charge >= 0.3 is 0 Å². The average Bonchev–Trinajstić information content (AvgIpc) is 2.48. The third-order valence-electron chi connectivity index (χ3n) is 3.27. The smallest absolute Gasteiger partial charge is 0.241 e. The Morgan fingerprint density at radius 2 is 1.67 bits per heavy atom. The normalized spacial score (nSPS) is 13.0. The predicted octanol–water partition coefficient (Wildman–Crippen LogP) is 2.26. The first kappa shape index (κ1) is 15.7. The van der Waals surface area contributed by atoms with E-state index < -0.39 is 10.0 Å². The quantitative estimate of drug-likeness (QED) is 0.860. The number of aliphatic hydroxyl groups excluding tert-OH is 1. The Bertz CT molecular complexity index is 666. The zero-order chi connectivity index (χ0) is 15.3. The molecule has 0 heterocycles. The lowest BCUT2D eigenvalue weighted by molar-refractivity contribution is 0.299. The van der Waals surface area contributed by atoms with Crippen LogP contribution in [0.1, 0.15) is 24.1 Å². The molecule has 2 aromatic carbocycles. The maximum absolute atomic E-state index is 12.3. The highest BCUT2D eigenvalue weighted by molar-refractivity contribution is 7.89. The Hall–Kier alpha value is -1.69. The fraction of sp³-hybridized carbons (Fsp3) is 0.250. The van der Waals surface area contributed by atoms with Gasteiger partial charge in [-0.05, 0) is 36.6 Å². The van der Waals surface area contributed by atoms with E-state index in [-0.39, 0.29) is 17.5 Å². The van der Waals surface area contributed by atoms with Crippen molar-refractivity contribution >= 4 is 10.0 Å². The molecule has 21 heavy (non-hydrogen) atoms. The van der Waals surface area contributed by atoms with Crippen LogP contribution in [0.25, 0.3) is 0 Å². The third kappa shape index (κ3) is 4.14. The summed E-state index contributed by atoms with van der Waals surface area (Å²) in [5.41, 5.74) is 1.82. The van der Waals surface area contributed by atoms with E-state index in [1.54, 1.807) is 24.3 Å². The Balaban J connectivity index is 2.14. The molecule has 0 radical (unpaired) electrons. The minimum atomic E-state index is -3.55. The molecule has 0 saturated heterocycles. The summed E-state index contributed by atoms with van der Waals surface area (Å²) in [6.07, 6.45) is 0.522. The molecule has 0 fully saturated rings. The summed E-state index contributed by atoms with van der Waals surface area (Å²) in [5.74, 6) is 0. The van der Waals surface area contributed by atoms with Gasteiger partial charge in [0.15, 0.2) is 0 Å². The van der Waals surface area contributed by atoms with Crippen LogP contribution in [0.3, 0.4) is 0 Å². The van der Waals surface area contributed by atoms with E-state index in [4.69, 9.17) is 5.11 Å². The molecule has 0 spiro atoms. The van der Waals surface area contributed by atoms with E-state index in [2.05, 4.69) is 4.72 Å². The summed E-state index contributed by atoms with van der Waals surface area (Å²) in [7, 11) is -3.55. The van der Waals surface area contributed by atoms with Crippen LogP contribution in [0.4, 0.5) is 0 Å². The summed E-state index contributed by atoms with van der Waals surface area (Å²) in [4.78, 5) is 0.229. The highest BCUT2D eigenvalue weighted by Gasteiger charge is 2.18. The molecule has 0 aliphatic rings. The number of benzene rings is 2. The maximum Gasteiger partial charge on any atom is 0.241 e. The van der Waals surface area contributed by atoms with Crippen molar-refractivity contribution in [2.75, 3.05) is 6.61 Å². The van der Waals surface area contributed by atoms with E-state index in [9.17, 15) is 8.42 Å². The molecule has 0 saturated carbocycles. The summed E-state index contributed by atoms with van der Waals surface area (Å²) in [5, 5.41) is 8.86. The first-order valence-corrected chi connectivity index (χ1v) is 8.28. The molecular formula is C16H19NO3S. The maximum atomic E-state index is 12.3. The second-order valence-electron chi connectivity index (χ2n) is 4.87. The van der Waals surface area contributed by atoms with Gasteiger partial charge in [0.2, 0.25) is 10.0 Å². The zero-order valence-corrected chi connectivity index (χ0v) is 12.7. The van der Waals surface area contributed by atoms with E-state index >= 15 is 0 Å². The van der Waals surface area contributed by atoms with Crippen molar-refractivity contribution in [3.05, 3.63) is 65.7 Å². The van der Waals surface area contributed by atoms with Crippen LogP contribution >= 0.6 is 0 Å². The van der Waals surface area contributed by atoms with Crippen molar-refractivity contribution in [1.82, 2.24) is 4.72 Å². The molecule has 5 heteroatoms. The Kier molecular flexibility index (Phi) is 5.12. The lowest BCUT2D eigenvalue weighted by Gasteiger charge is -2.14. The average molecular weight is 305 g/mol. The van der Waals surface area contributed by atoms with Gasteiger partial charge in [-0.1, -0.05) is 42.5 Å². The molecule has 1 unspecified atom stereocenters. The first-order chi connectivity index (χ1) is 10.0. The molecule has 1 atom stereocenters. The molecule has 112 valence electrons. The van der Waals surface area contributed by atoms with Crippen LogP contribution in [0.2, 0.25) is 0 Å². The van der Waals surface area contributed by atoms with Crippen LogP contribution in [0, 0.1) is 0 Å².